The molecule has 11 heteroatoms. The minimum atomic E-state index is -0.444. The highest BCUT2D eigenvalue weighted by Crippen LogP contribution is 2.35. The molecular formula is C20H18ClN5O3S2. The number of aromatic nitrogens is 5. The number of carbonyl (C=O) groups is 1. The summed E-state index contributed by atoms with van der Waals surface area (Å²) in [4.78, 5) is 33.3. The van der Waals surface area contributed by atoms with Crippen LogP contribution in [0.3, 0.4) is 0 Å². The predicted octanol–water partition coefficient (Wildman–Crippen LogP) is 4.56. The van der Waals surface area contributed by atoms with Crippen molar-refractivity contribution in [1.29, 1.82) is 0 Å². The van der Waals surface area contributed by atoms with Crippen LogP contribution in [-0.4, -0.2) is 37.3 Å². The number of aryl methyl sites for hydroxylation is 1. The van der Waals surface area contributed by atoms with Crippen LogP contribution >= 0.6 is 34.7 Å². The lowest BCUT2D eigenvalue weighted by Gasteiger charge is -2.11. The van der Waals surface area contributed by atoms with E-state index in [9.17, 15) is 9.59 Å². The number of esters is 1. The van der Waals surface area contributed by atoms with Gasteiger partial charge in [-0.1, -0.05) is 29.4 Å². The molecule has 8 nitrogen and oxygen atoms in total. The first-order valence-corrected chi connectivity index (χ1v) is 11.5. The highest BCUT2D eigenvalue weighted by atomic mass is 35.5. The number of hydrogen-bond donors (Lipinski definition) is 1. The van der Waals surface area contributed by atoms with Crippen molar-refractivity contribution in [3.63, 3.8) is 0 Å². The van der Waals surface area contributed by atoms with Crippen LogP contribution < -0.4 is 5.56 Å². The zero-order valence-corrected chi connectivity index (χ0v) is 19.3. The van der Waals surface area contributed by atoms with E-state index in [-0.39, 0.29) is 17.4 Å². The molecule has 0 aliphatic rings. The van der Waals surface area contributed by atoms with Gasteiger partial charge < -0.3 is 9.72 Å². The number of fused-ring (bicyclic) bond motifs is 1. The average molecular weight is 476 g/mol. The van der Waals surface area contributed by atoms with Crippen LogP contribution in [-0.2, 0) is 4.74 Å². The molecule has 0 radical (unpaired) electrons. The fourth-order valence-electron chi connectivity index (χ4n) is 3.07. The van der Waals surface area contributed by atoms with Gasteiger partial charge in [0.2, 0.25) is 0 Å². The quantitative estimate of drug-likeness (QED) is 0.322. The van der Waals surface area contributed by atoms with Gasteiger partial charge in [0.05, 0.1) is 22.9 Å². The number of thiophene rings is 1. The number of nitrogens with zero attached hydrogens (tertiary/aromatic N) is 4. The van der Waals surface area contributed by atoms with E-state index in [0.717, 1.165) is 17.0 Å². The lowest BCUT2D eigenvalue weighted by molar-refractivity contribution is 0.0531. The summed E-state index contributed by atoms with van der Waals surface area (Å²) in [6, 6.07) is 7.36. The zero-order chi connectivity index (χ0) is 22.1. The number of rotatable bonds is 6. The molecule has 0 aliphatic carbocycles. The monoisotopic (exact) mass is 475 g/mol. The molecule has 160 valence electrons. The van der Waals surface area contributed by atoms with Crippen LogP contribution in [0.25, 0.3) is 15.9 Å². The molecular weight excluding hydrogens is 458 g/mol. The van der Waals surface area contributed by atoms with Crippen molar-refractivity contribution in [2.24, 2.45) is 0 Å². The molecule has 3 aromatic heterocycles. The lowest BCUT2D eigenvalue weighted by Crippen LogP contribution is -2.13. The first-order valence-electron chi connectivity index (χ1n) is 9.42. The molecule has 0 saturated carbocycles. The van der Waals surface area contributed by atoms with Crippen LogP contribution in [0.2, 0.25) is 5.02 Å². The maximum absolute atomic E-state index is 12.7. The number of benzene rings is 1. The van der Waals surface area contributed by atoms with E-state index >= 15 is 0 Å². The van der Waals surface area contributed by atoms with Crippen molar-refractivity contribution in [2.75, 3.05) is 6.61 Å². The normalized spacial score (nSPS) is 12.3. The molecule has 0 fully saturated rings. The Morgan fingerprint density at radius 3 is 2.97 bits per heavy atom. The SMILES string of the molecule is CCOC(=O)c1sc2nc(C(C)Sc3nncn3-c3cccc(Cl)c3)[nH]c(=O)c2c1C. The van der Waals surface area contributed by atoms with Gasteiger partial charge >= 0.3 is 5.97 Å². The summed E-state index contributed by atoms with van der Waals surface area (Å²) in [5.74, 6) is 0.0424. The Hall–Kier alpha value is -2.69. The molecule has 0 aliphatic heterocycles. The highest BCUT2D eigenvalue weighted by Gasteiger charge is 2.22. The number of aromatic amines is 1. The predicted molar refractivity (Wildman–Crippen MR) is 122 cm³/mol. The third kappa shape index (κ3) is 4.23. The Morgan fingerprint density at radius 2 is 2.23 bits per heavy atom. The summed E-state index contributed by atoms with van der Waals surface area (Å²) in [5.41, 5.74) is 1.13. The van der Waals surface area contributed by atoms with E-state index in [2.05, 4.69) is 20.2 Å². The number of carbonyl (C=O) groups excluding carboxylic acids is 1. The largest absolute Gasteiger partial charge is 0.462 e. The van der Waals surface area contributed by atoms with Gasteiger partial charge in [0.1, 0.15) is 21.9 Å². The first-order chi connectivity index (χ1) is 14.9. The van der Waals surface area contributed by atoms with Crippen LogP contribution in [0.4, 0.5) is 0 Å². The summed E-state index contributed by atoms with van der Waals surface area (Å²) >= 11 is 8.67. The second-order valence-electron chi connectivity index (χ2n) is 6.63. The van der Waals surface area contributed by atoms with Crippen LogP contribution in [0.1, 0.15) is 40.2 Å². The van der Waals surface area contributed by atoms with E-state index in [0.29, 0.717) is 36.7 Å². The van der Waals surface area contributed by atoms with Gasteiger partial charge in [0, 0.05) is 5.02 Å². The third-order valence-corrected chi connectivity index (χ3v) is 7.02. The molecule has 1 aromatic carbocycles. The van der Waals surface area contributed by atoms with Crippen LogP contribution in [0.5, 0.6) is 0 Å². The van der Waals surface area contributed by atoms with E-state index in [1.54, 1.807) is 26.2 Å². The van der Waals surface area contributed by atoms with E-state index in [1.807, 2.05) is 29.7 Å². The maximum atomic E-state index is 12.7. The number of nitrogens with one attached hydrogen (secondary N) is 1. The average Bonchev–Trinajstić information content (AvgIpc) is 3.32. The minimum Gasteiger partial charge on any atom is -0.462 e. The Labute approximate surface area is 190 Å². The third-order valence-electron chi connectivity index (χ3n) is 4.55. The van der Waals surface area contributed by atoms with Crippen molar-refractivity contribution in [3.8, 4) is 5.69 Å². The van der Waals surface area contributed by atoms with Crippen molar-refractivity contribution in [3.05, 3.63) is 62.2 Å². The summed E-state index contributed by atoms with van der Waals surface area (Å²) in [6.07, 6.45) is 1.61. The molecule has 4 aromatic rings. The van der Waals surface area contributed by atoms with Gasteiger partial charge in [0.15, 0.2) is 5.16 Å². The summed E-state index contributed by atoms with van der Waals surface area (Å²) in [5, 5.41) is 9.61. The fourth-order valence-corrected chi connectivity index (χ4v) is 5.23. The second-order valence-corrected chi connectivity index (χ2v) is 9.37. The van der Waals surface area contributed by atoms with Gasteiger partial charge in [-0.05, 0) is 44.5 Å². The zero-order valence-electron chi connectivity index (χ0n) is 16.9. The molecule has 0 spiro atoms. The Morgan fingerprint density at radius 1 is 1.42 bits per heavy atom. The summed E-state index contributed by atoms with van der Waals surface area (Å²) in [6.45, 7) is 5.65. The number of hydrogen-bond acceptors (Lipinski definition) is 8. The van der Waals surface area contributed by atoms with Crippen molar-refractivity contribution in [1.82, 2.24) is 24.7 Å². The van der Waals surface area contributed by atoms with E-state index in [1.165, 1.54) is 11.8 Å². The highest BCUT2D eigenvalue weighted by molar-refractivity contribution is 7.99. The van der Waals surface area contributed by atoms with Crippen LogP contribution in [0.15, 0.2) is 40.5 Å². The molecule has 0 amide bonds. The summed E-state index contributed by atoms with van der Waals surface area (Å²) in [7, 11) is 0. The second kappa shape index (κ2) is 8.81. The van der Waals surface area contributed by atoms with Crippen molar-refractivity contribution < 1.29 is 9.53 Å². The fraction of sp³-hybridized carbons (Fsp3) is 0.250. The molecule has 31 heavy (non-hydrogen) atoms. The van der Waals surface area contributed by atoms with Gasteiger partial charge in [0.25, 0.3) is 5.56 Å². The molecule has 0 bridgehead atoms. The number of H-pyrrole nitrogens is 1. The minimum absolute atomic E-state index is 0.229. The topological polar surface area (TPSA) is 103 Å². The van der Waals surface area contributed by atoms with Gasteiger partial charge in [-0.2, -0.15) is 0 Å². The number of halogens is 1. The Balaban J connectivity index is 1.67. The Kier molecular flexibility index (Phi) is 6.12. The molecule has 0 saturated heterocycles. The van der Waals surface area contributed by atoms with Gasteiger partial charge in [-0.3, -0.25) is 9.36 Å². The Bertz CT molecular complexity index is 1330. The number of ether oxygens (including phenoxy) is 1. The van der Waals surface area contributed by atoms with Crippen LogP contribution in [0, 0.1) is 6.92 Å². The molecule has 3 heterocycles. The standard InChI is InChI=1S/C20H18ClN5O3S2/c1-4-29-19(28)15-10(2)14-17(27)23-16(24-18(14)31-15)11(3)30-20-25-22-9-26(20)13-7-5-6-12(21)8-13/h5-9,11H,4H2,1-3H3,(H,23,24,27). The molecule has 1 atom stereocenters. The number of thioether (sulfide) groups is 1. The lowest BCUT2D eigenvalue weighted by atomic mass is 10.2. The van der Waals surface area contributed by atoms with Crippen molar-refractivity contribution in [2.45, 2.75) is 31.2 Å². The summed E-state index contributed by atoms with van der Waals surface area (Å²) < 4.78 is 6.91. The van der Waals surface area contributed by atoms with Crippen molar-refractivity contribution >= 4 is 50.9 Å². The molecule has 1 unspecified atom stereocenters. The molecule has 1 N–H and O–H groups in total. The smallest absolute Gasteiger partial charge is 0.348 e. The van der Waals surface area contributed by atoms with Gasteiger partial charge in [-0.15, -0.1) is 21.5 Å². The van der Waals surface area contributed by atoms with E-state index < -0.39 is 5.97 Å². The van der Waals surface area contributed by atoms with Gasteiger partial charge in [-0.25, -0.2) is 9.78 Å². The maximum Gasteiger partial charge on any atom is 0.348 e. The first kappa shape index (κ1) is 21.5. The molecule has 4 rings (SSSR count). The van der Waals surface area contributed by atoms with E-state index in [4.69, 9.17) is 16.3 Å².